The first-order chi connectivity index (χ1) is 5.66. The summed E-state index contributed by atoms with van der Waals surface area (Å²) in [6, 6.07) is 3.77. The third-order valence-corrected chi connectivity index (χ3v) is 2.16. The van der Waals surface area contributed by atoms with Crippen LogP contribution in [-0.2, 0) is 0 Å². The van der Waals surface area contributed by atoms with E-state index >= 15 is 0 Å². The van der Waals surface area contributed by atoms with E-state index in [9.17, 15) is 8.78 Å². The summed E-state index contributed by atoms with van der Waals surface area (Å²) in [5, 5.41) is 0. The van der Waals surface area contributed by atoms with Crippen molar-refractivity contribution in [2.24, 2.45) is 5.73 Å². The molecule has 1 aromatic carbocycles. The van der Waals surface area contributed by atoms with Crippen molar-refractivity contribution in [3.63, 3.8) is 0 Å². The minimum atomic E-state index is -0.873. The molecule has 0 heterocycles. The van der Waals surface area contributed by atoms with E-state index in [1.165, 1.54) is 6.07 Å². The third-order valence-electron chi connectivity index (χ3n) is 1.55. The van der Waals surface area contributed by atoms with Gasteiger partial charge in [-0.1, -0.05) is 12.1 Å². The summed E-state index contributed by atoms with van der Waals surface area (Å²) in [6.45, 7) is -0.757. The molecule has 1 rings (SSSR count). The molecule has 0 radical (unpaired) electrons. The van der Waals surface area contributed by atoms with E-state index < -0.39 is 18.5 Å². The molecule has 2 N–H and O–H groups in total. The second-order valence-corrected chi connectivity index (χ2v) is 3.26. The average molecular weight is 236 g/mol. The first-order valence-electron chi connectivity index (χ1n) is 3.42. The van der Waals surface area contributed by atoms with Crippen LogP contribution >= 0.6 is 15.9 Å². The molecule has 0 aliphatic rings. The van der Waals surface area contributed by atoms with Crippen molar-refractivity contribution in [1.29, 1.82) is 0 Å². The van der Waals surface area contributed by atoms with Crippen molar-refractivity contribution in [3.8, 4) is 0 Å². The predicted octanol–water partition coefficient (Wildman–Crippen LogP) is 2.56. The largest absolute Gasteiger partial charge is 0.322 e. The lowest BCUT2D eigenvalue weighted by Gasteiger charge is -2.08. The maximum Gasteiger partial charge on any atom is 0.142 e. The van der Waals surface area contributed by atoms with Crippen LogP contribution in [0, 0.1) is 5.82 Å². The van der Waals surface area contributed by atoms with Crippen LogP contribution in [0.15, 0.2) is 22.7 Å². The fourth-order valence-electron chi connectivity index (χ4n) is 0.890. The highest BCUT2D eigenvalue weighted by Gasteiger charge is 2.12. The molecule has 4 heteroatoms. The zero-order chi connectivity index (χ0) is 9.14. The van der Waals surface area contributed by atoms with Crippen molar-refractivity contribution >= 4 is 15.9 Å². The number of rotatable bonds is 2. The highest BCUT2D eigenvalue weighted by molar-refractivity contribution is 9.10. The highest BCUT2D eigenvalue weighted by Crippen LogP contribution is 2.22. The molecule has 0 amide bonds. The second-order valence-electron chi connectivity index (χ2n) is 2.40. The molecule has 0 aromatic heterocycles. The van der Waals surface area contributed by atoms with E-state index in [-0.39, 0.29) is 5.56 Å². The Bertz CT molecular complexity index is 278. The maximum atomic E-state index is 13.1. The lowest BCUT2D eigenvalue weighted by atomic mass is 10.1. The number of alkyl halides is 1. The summed E-state index contributed by atoms with van der Waals surface area (Å²) in [5.41, 5.74) is 5.53. The van der Waals surface area contributed by atoms with Crippen molar-refractivity contribution in [2.45, 2.75) is 6.04 Å². The predicted molar refractivity (Wildman–Crippen MR) is 47.0 cm³/mol. The Balaban J connectivity index is 3.07. The lowest BCUT2D eigenvalue weighted by Crippen LogP contribution is -2.14. The van der Waals surface area contributed by atoms with E-state index in [4.69, 9.17) is 5.73 Å². The minimum absolute atomic E-state index is 0.201. The van der Waals surface area contributed by atoms with Crippen molar-refractivity contribution in [2.75, 3.05) is 6.67 Å². The smallest absolute Gasteiger partial charge is 0.142 e. The molecule has 12 heavy (non-hydrogen) atoms. The van der Waals surface area contributed by atoms with E-state index in [2.05, 4.69) is 15.9 Å². The van der Waals surface area contributed by atoms with Gasteiger partial charge in [0.2, 0.25) is 0 Å². The zero-order valence-electron chi connectivity index (χ0n) is 6.23. The SMILES string of the molecule is NC(CF)c1cccc(Br)c1F. The second kappa shape index (κ2) is 3.96. The van der Waals surface area contributed by atoms with Gasteiger partial charge in [-0.3, -0.25) is 0 Å². The van der Waals surface area contributed by atoms with Gasteiger partial charge in [0.05, 0.1) is 10.5 Å². The number of hydrogen-bond acceptors (Lipinski definition) is 1. The van der Waals surface area contributed by atoms with E-state index in [1.807, 2.05) is 0 Å². The summed E-state index contributed by atoms with van der Waals surface area (Å²) in [7, 11) is 0. The Morgan fingerprint density at radius 1 is 1.50 bits per heavy atom. The van der Waals surface area contributed by atoms with E-state index in [0.29, 0.717) is 4.47 Å². The van der Waals surface area contributed by atoms with Crippen LogP contribution < -0.4 is 5.73 Å². The molecule has 0 aliphatic carbocycles. The molecule has 1 atom stereocenters. The molecule has 0 saturated carbocycles. The Labute approximate surface area is 77.7 Å². The summed E-state index contributed by atoms with van der Waals surface area (Å²) in [4.78, 5) is 0. The molecule has 1 nitrogen and oxygen atoms in total. The number of halogens is 3. The fraction of sp³-hybridized carbons (Fsp3) is 0.250. The van der Waals surface area contributed by atoms with Crippen LogP contribution in [0.25, 0.3) is 0 Å². The molecule has 0 spiro atoms. The molecule has 1 unspecified atom stereocenters. The fourth-order valence-corrected chi connectivity index (χ4v) is 1.27. The highest BCUT2D eigenvalue weighted by atomic mass is 79.9. The van der Waals surface area contributed by atoms with Crippen molar-refractivity contribution in [1.82, 2.24) is 0 Å². The normalized spacial score (nSPS) is 13.0. The van der Waals surface area contributed by atoms with Gasteiger partial charge in [0.25, 0.3) is 0 Å². The third kappa shape index (κ3) is 1.81. The molecule has 0 fully saturated rings. The van der Waals surface area contributed by atoms with Gasteiger partial charge in [0, 0.05) is 5.56 Å². The first-order valence-corrected chi connectivity index (χ1v) is 4.21. The molecular weight excluding hydrogens is 228 g/mol. The average Bonchev–Trinajstić information content (AvgIpc) is 2.08. The number of hydrogen-bond donors (Lipinski definition) is 1. The maximum absolute atomic E-state index is 13.1. The molecule has 1 aromatic rings. The van der Waals surface area contributed by atoms with Gasteiger partial charge in [0.15, 0.2) is 0 Å². The van der Waals surface area contributed by atoms with Crippen LogP contribution in [-0.4, -0.2) is 6.67 Å². The monoisotopic (exact) mass is 235 g/mol. The molecule has 0 bridgehead atoms. The summed E-state index contributed by atoms with van der Waals surface area (Å²) >= 11 is 2.99. The van der Waals surface area contributed by atoms with Gasteiger partial charge in [-0.2, -0.15) is 0 Å². The minimum Gasteiger partial charge on any atom is -0.322 e. The molecular formula is C8H8BrF2N. The van der Waals surface area contributed by atoms with E-state index in [0.717, 1.165) is 0 Å². The summed E-state index contributed by atoms with van der Waals surface area (Å²) in [6.07, 6.45) is 0. The Hall–Kier alpha value is -0.480. The Kier molecular flexibility index (Phi) is 3.17. The van der Waals surface area contributed by atoms with Gasteiger partial charge in [-0.05, 0) is 22.0 Å². The van der Waals surface area contributed by atoms with Gasteiger partial charge < -0.3 is 5.73 Å². The number of nitrogens with two attached hydrogens (primary N) is 1. The molecule has 0 saturated heterocycles. The molecule has 66 valence electrons. The zero-order valence-corrected chi connectivity index (χ0v) is 7.81. The van der Waals surface area contributed by atoms with Crippen LogP contribution in [0.1, 0.15) is 11.6 Å². The quantitative estimate of drug-likeness (QED) is 0.838. The van der Waals surface area contributed by atoms with Crippen molar-refractivity contribution < 1.29 is 8.78 Å². The van der Waals surface area contributed by atoms with Crippen LogP contribution in [0.5, 0.6) is 0 Å². The topological polar surface area (TPSA) is 26.0 Å². The van der Waals surface area contributed by atoms with E-state index in [1.54, 1.807) is 12.1 Å². The van der Waals surface area contributed by atoms with Crippen LogP contribution in [0.3, 0.4) is 0 Å². The lowest BCUT2D eigenvalue weighted by molar-refractivity contribution is 0.426. The number of benzene rings is 1. The Morgan fingerprint density at radius 2 is 2.17 bits per heavy atom. The van der Waals surface area contributed by atoms with Crippen molar-refractivity contribution in [3.05, 3.63) is 34.1 Å². The van der Waals surface area contributed by atoms with Crippen LogP contribution in [0.2, 0.25) is 0 Å². The van der Waals surface area contributed by atoms with Gasteiger partial charge in [0.1, 0.15) is 12.5 Å². The first kappa shape index (κ1) is 9.61. The van der Waals surface area contributed by atoms with Gasteiger partial charge >= 0.3 is 0 Å². The summed E-state index contributed by atoms with van der Waals surface area (Å²) in [5.74, 6) is -0.484. The molecule has 0 aliphatic heterocycles. The summed E-state index contributed by atoms with van der Waals surface area (Å²) < 4.78 is 25.5. The van der Waals surface area contributed by atoms with Crippen LogP contribution in [0.4, 0.5) is 8.78 Å². The van der Waals surface area contributed by atoms with Gasteiger partial charge in [-0.15, -0.1) is 0 Å². The standard InChI is InChI=1S/C8H8BrF2N/c9-6-3-1-2-5(8(6)11)7(12)4-10/h1-3,7H,4,12H2. The van der Waals surface area contributed by atoms with Gasteiger partial charge in [-0.25, -0.2) is 8.78 Å². The Morgan fingerprint density at radius 3 is 2.75 bits per heavy atom.